The lowest BCUT2D eigenvalue weighted by molar-refractivity contribution is -0.138. The van der Waals surface area contributed by atoms with Gasteiger partial charge in [0, 0.05) is 7.11 Å². The number of methoxy groups -OCH3 is 1. The summed E-state index contributed by atoms with van der Waals surface area (Å²) in [6.07, 6.45) is -0.387. The molecule has 0 amide bonds. The smallest absolute Gasteiger partial charge is 0.333 e. The van der Waals surface area contributed by atoms with Crippen LogP contribution in [-0.2, 0) is 14.2 Å². The summed E-state index contributed by atoms with van der Waals surface area (Å²) in [4.78, 5) is 0. The van der Waals surface area contributed by atoms with Crippen LogP contribution in [0.15, 0.2) is 42.2 Å². The topological polar surface area (TPSA) is 47.9 Å². The number of rotatable bonds is 10. The standard InChI is InChI=1S/C16H22F2O4/c1-3-7-14(22-12-21-11-10-20-2)16(17,18)15(19)13-8-5-4-6-9-13/h4-9,15,19H,3,10-12H2,1-2H3/b14-7-. The highest BCUT2D eigenvalue weighted by molar-refractivity contribution is 5.23. The summed E-state index contributed by atoms with van der Waals surface area (Å²) in [7, 11) is 1.51. The Morgan fingerprint density at radius 2 is 1.95 bits per heavy atom. The largest absolute Gasteiger partial charge is 0.466 e. The van der Waals surface area contributed by atoms with Crippen LogP contribution in [0.3, 0.4) is 0 Å². The quantitative estimate of drug-likeness (QED) is 0.409. The maximum absolute atomic E-state index is 14.4. The van der Waals surface area contributed by atoms with Gasteiger partial charge in [-0.15, -0.1) is 0 Å². The first-order chi connectivity index (χ1) is 10.5. The minimum absolute atomic E-state index is 0.124. The lowest BCUT2D eigenvalue weighted by atomic mass is 10.0. The molecule has 124 valence electrons. The van der Waals surface area contributed by atoms with Gasteiger partial charge in [0.05, 0.1) is 13.2 Å². The summed E-state index contributed by atoms with van der Waals surface area (Å²) < 4.78 is 43.6. The third kappa shape index (κ3) is 5.36. The number of benzene rings is 1. The Bertz CT molecular complexity index is 449. The Morgan fingerprint density at radius 1 is 1.27 bits per heavy atom. The molecule has 6 heteroatoms. The van der Waals surface area contributed by atoms with Gasteiger partial charge in [-0.1, -0.05) is 37.3 Å². The molecule has 0 radical (unpaired) electrons. The number of halogens is 2. The SMILES string of the molecule is CC/C=C(\OCOCCOC)C(F)(F)C(O)c1ccccc1. The Hall–Kier alpha value is -1.50. The van der Waals surface area contributed by atoms with Crippen molar-refractivity contribution in [3.63, 3.8) is 0 Å². The third-order valence-corrected chi connectivity index (χ3v) is 2.91. The van der Waals surface area contributed by atoms with Crippen molar-refractivity contribution < 1.29 is 28.1 Å². The summed E-state index contributed by atoms with van der Waals surface area (Å²) in [5.41, 5.74) is 0.124. The molecule has 0 aliphatic carbocycles. The van der Waals surface area contributed by atoms with Crippen LogP contribution >= 0.6 is 0 Å². The molecule has 1 aromatic carbocycles. The van der Waals surface area contributed by atoms with Crippen molar-refractivity contribution in [2.45, 2.75) is 25.4 Å². The molecule has 0 heterocycles. The molecular weight excluding hydrogens is 294 g/mol. The molecule has 0 aromatic heterocycles. The minimum atomic E-state index is -3.54. The molecule has 0 fully saturated rings. The zero-order chi connectivity index (χ0) is 16.4. The van der Waals surface area contributed by atoms with Gasteiger partial charge in [-0.3, -0.25) is 0 Å². The van der Waals surface area contributed by atoms with Crippen molar-refractivity contribution in [1.29, 1.82) is 0 Å². The van der Waals surface area contributed by atoms with E-state index in [0.29, 0.717) is 13.0 Å². The van der Waals surface area contributed by atoms with Crippen LogP contribution in [0, 0.1) is 0 Å². The number of ether oxygens (including phenoxy) is 3. The second-order valence-corrected chi connectivity index (χ2v) is 4.58. The van der Waals surface area contributed by atoms with E-state index in [-0.39, 0.29) is 19.0 Å². The number of aliphatic hydroxyl groups is 1. The lowest BCUT2D eigenvalue weighted by Gasteiger charge is -2.25. The maximum Gasteiger partial charge on any atom is 0.333 e. The normalized spacial score (nSPS) is 14.0. The second-order valence-electron chi connectivity index (χ2n) is 4.58. The van der Waals surface area contributed by atoms with Crippen LogP contribution in [0.25, 0.3) is 0 Å². The van der Waals surface area contributed by atoms with E-state index >= 15 is 0 Å². The van der Waals surface area contributed by atoms with E-state index in [0.717, 1.165) is 0 Å². The molecule has 1 rings (SSSR count). The van der Waals surface area contributed by atoms with E-state index in [1.165, 1.54) is 25.3 Å². The summed E-state index contributed by atoms with van der Waals surface area (Å²) in [5.74, 6) is -4.13. The van der Waals surface area contributed by atoms with Crippen molar-refractivity contribution in [3.05, 3.63) is 47.7 Å². The molecule has 1 atom stereocenters. The molecule has 1 unspecified atom stereocenters. The zero-order valence-electron chi connectivity index (χ0n) is 12.8. The molecule has 0 aliphatic rings. The van der Waals surface area contributed by atoms with E-state index in [9.17, 15) is 13.9 Å². The van der Waals surface area contributed by atoms with Gasteiger partial charge in [-0.25, -0.2) is 0 Å². The van der Waals surface area contributed by atoms with Gasteiger partial charge in [0.15, 0.2) is 18.7 Å². The lowest BCUT2D eigenvalue weighted by Crippen LogP contribution is -2.30. The summed E-state index contributed by atoms with van der Waals surface area (Å²) in [5, 5.41) is 9.95. The van der Waals surface area contributed by atoms with Crippen LogP contribution < -0.4 is 0 Å². The first-order valence-corrected chi connectivity index (χ1v) is 7.05. The number of alkyl halides is 2. The van der Waals surface area contributed by atoms with Gasteiger partial charge < -0.3 is 19.3 Å². The fraction of sp³-hybridized carbons (Fsp3) is 0.500. The summed E-state index contributed by atoms with van der Waals surface area (Å²) in [6.45, 7) is 1.97. The molecule has 1 aromatic rings. The van der Waals surface area contributed by atoms with Crippen molar-refractivity contribution in [1.82, 2.24) is 0 Å². The number of hydrogen-bond donors (Lipinski definition) is 1. The van der Waals surface area contributed by atoms with Crippen LogP contribution in [0.5, 0.6) is 0 Å². The number of aliphatic hydroxyl groups excluding tert-OH is 1. The van der Waals surface area contributed by atoms with E-state index in [1.807, 2.05) is 0 Å². The first-order valence-electron chi connectivity index (χ1n) is 7.05. The Labute approximate surface area is 129 Å². The van der Waals surface area contributed by atoms with Gasteiger partial charge in [-0.05, 0) is 18.1 Å². The first kappa shape index (κ1) is 18.5. The van der Waals surface area contributed by atoms with Gasteiger partial charge >= 0.3 is 5.92 Å². The third-order valence-electron chi connectivity index (χ3n) is 2.91. The van der Waals surface area contributed by atoms with E-state index in [1.54, 1.807) is 25.1 Å². The molecular formula is C16H22F2O4. The molecule has 0 aliphatic heterocycles. The molecule has 0 spiro atoms. The van der Waals surface area contributed by atoms with Crippen LogP contribution in [0.2, 0.25) is 0 Å². The van der Waals surface area contributed by atoms with Crippen LogP contribution in [0.4, 0.5) is 8.78 Å². The predicted molar refractivity (Wildman–Crippen MR) is 78.5 cm³/mol. The molecule has 0 saturated carbocycles. The Kier molecular flexibility index (Phi) is 8.01. The summed E-state index contributed by atoms with van der Waals surface area (Å²) >= 11 is 0. The summed E-state index contributed by atoms with van der Waals surface area (Å²) in [6, 6.07) is 7.75. The van der Waals surface area contributed by atoms with Crippen molar-refractivity contribution >= 4 is 0 Å². The van der Waals surface area contributed by atoms with Crippen molar-refractivity contribution in [2.75, 3.05) is 27.1 Å². The number of hydrogen-bond acceptors (Lipinski definition) is 4. The average molecular weight is 316 g/mol. The highest BCUT2D eigenvalue weighted by atomic mass is 19.3. The molecule has 1 N–H and O–H groups in total. The van der Waals surface area contributed by atoms with Crippen LogP contribution in [-0.4, -0.2) is 38.1 Å². The molecule has 0 saturated heterocycles. The Morgan fingerprint density at radius 3 is 2.55 bits per heavy atom. The van der Waals surface area contributed by atoms with Gasteiger partial charge in [-0.2, -0.15) is 8.78 Å². The fourth-order valence-electron chi connectivity index (χ4n) is 1.76. The van der Waals surface area contributed by atoms with Crippen molar-refractivity contribution in [3.8, 4) is 0 Å². The minimum Gasteiger partial charge on any atom is -0.466 e. The highest BCUT2D eigenvalue weighted by Crippen LogP contribution is 2.38. The van der Waals surface area contributed by atoms with Gasteiger partial charge in [0.1, 0.15) is 0 Å². The molecule has 0 bridgehead atoms. The molecule has 22 heavy (non-hydrogen) atoms. The van der Waals surface area contributed by atoms with Crippen LogP contribution in [0.1, 0.15) is 25.0 Å². The van der Waals surface area contributed by atoms with E-state index in [4.69, 9.17) is 14.2 Å². The highest BCUT2D eigenvalue weighted by Gasteiger charge is 2.45. The van der Waals surface area contributed by atoms with E-state index < -0.39 is 17.8 Å². The van der Waals surface area contributed by atoms with Gasteiger partial charge in [0.25, 0.3) is 0 Å². The maximum atomic E-state index is 14.4. The zero-order valence-corrected chi connectivity index (χ0v) is 12.8. The predicted octanol–water partition coefficient (Wildman–Crippen LogP) is 3.29. The molecule has 4 nitrogen and oxygen atoms in total. The van der Waals surface area contributed by atoms with E-state index in [2.05, 4.69) is 0 Å². The van der Waals surface area contributed by atoms with Crippen molar-refractivity contribution in [2.24, 2.45) is 0 Å². The monoisotopic (exact) mass is 316 g/mol. The second kappa shape index (κ2) is 9.50. The number of allylic oxidation sites excluding steroid dienone is 1. The fourth-order valence-corrected chi connectivity index (χ4v) is 1.76. The van der Waals surface area contributed by atoms with Gasteiger partial charge in [0.2, 0.25) is 0 Å². The Balaban J connectivity index is 2.73. The average Bonchev–Trinajstić information content (AvgIpc) is 2.53.